The zero-order valence-corrected chi connectivity index (χ0v) is 11.4. The Balaban J connectivity index is 2.88. The molecule has 0 aliphatic carbocycles. The molecule has 0 radical (unpaired) electrons. The zero-order valence-electron chi connectivity index (χ0n) is 10.6. The van der Waals surface area contributed by atoms with Gasteiger partial charge in [-0.3, -0.25) is 4.79 Å². The molecular weight excluding hydrogens is 242 g/mol. The molecule has 0 aromatic carbocycles. The second-order valence-electron chi connectivity index (χ2n) is 4.62. The zero-order chi connectivity index (χ0) is 13.1. The summed E-state index contributed by atoms with van der Waals surface area (Å²) >= 11 is 0. The molecule has 0 bridgehead atoms. The first kappa shape index (κ1) is 14.4. The van der Waals surface area contributed by atoms with Gasteiger partial charge in [-0.2, -0.15) is 4.31 Å². The van der Waals surface area contributed by atoms with Crippen molar-refractivity contribution in [1.82, 2.24) is 14.9 Å². The number of rotatable bonds is 4. The maximum atomic E-state index is 12.1. The van der Waals surface area contributed by atoms with Crippen molar-refractivity contribution >= 4 is 15.9 Å². The maximum absolute atomic E-state index is 12.1. The molecule has 17 heavy (non-hydrogen) atoms. The van der Waals surface area contributed by atoms with Crippen LogP contribution in [-0.4, -0.2) is 57.1 Å². The van der Waals surface area contributed by atoms with E-state index in [-0.39, 0.29) is 17.6 Å². The van der Waals surface area contributed by atoms with E-state index in [0.717, 1.165) is 0 Å². The normalized spacial score (nSPS) is 22.7. The Morgan fingerprint density at radius 2 is 2.18 bits per heavy atom. The summed E-state index contributed by atoms with van der Waals surface area (Å²) in [6.07, 6.45) is 0. The molecule has 100 valence electrons. The largest absolute Gasteiger partial charge is 0.358 e. The van der Waals surface area contributed by atoms with Crippen molar-refractivity contribution < 1.29 is 13.2 Å². The summed E-state index contributed by atoms with van der Waals surface area (Å²) in [6, 6.07) is -0.627. The number of sulfonamides is 1. The lowest BCUT2D eigenvalue weighted by Gasteiger charge is -2.34. The number of likely N-dealkylation sites (N-methyl/N-ethyl adjacent to an activating group) is 1. The Bertz CT molecular complexity index is 367. The number of amides is 1. The summed E-state index contributed by atoms with van der Waals surface area (Å²) in [7, 11) is -1.84. The average Bonchev–Trinajstić information content (AvgIpc) is 2.26. The van der Waals surface area contributed by atoms with Crippen LogP contribution >= 0.6 is 0 Å². The lowest BCUT2D eigenvalue weighted by atomic mass is 10.2. The Kier molecular flexibility index (Phi) is 4.91. The summed E-state index contributed by atoms with van der Waals surface area (Å²) in [5.74, 6) is -0.120. The minimum absolute atomic E-state index is 0.0558. The Morgan fingerprint density at radius 1 is 1.53 bits per heavy atom. The van der Waals surface area contributed by atoms with E-state index in [1.807, 2.05) is 13.8 Å². The van der Waals surface area contributed by atoms with E-state index in [4.69, 9.17) is 0 Å². The van der Waals surface area contributed by atoms with E-state index in [2.05, 4.69) is 10.6 Å². The van der Waals surface area contributed by atoms with Gasteiger partial charge < -0.3 is 10.6 Å². The van der Waals surface area contributed by atoms with Gasteiger partial charge in [0.15, 0.2) is 0 Å². The fraction of sp³-hybridized carbons (Fsp3) is 0.900. The Labute approximate surface area is 103 Å². The highest BCUT2D eigenvalue weighted by Gasteiger charge is 2.36. The molecular formula is C10H21N3O3S. The van der Waals surface area contributed by atoms with Crippen LogP contribution in [0.15, 0.2) is 0 Å². The first-order valence-electron chi connectivity index (χ1n) is 5.80. The van der Waals surface area contributed by atoms with Crippen molar-refractivity contribution in [2.24, 2.45) is 5.92 Å². The van der Waals surface area contributed by atoms with Crippen LogP contribution in [0.2, 0.25) is 0 Å². The number of carbonyl (C=O) groups is 1. The third-order valence-corrected chi connectivity index (χ3v) is 4.88. The molecule has 1 unspecified atom stereocenters. The molecule has 0 saturated carbocycles. The van der Waals surface area contributed by atoms with Crippen LogP contribution in [0, 0.1) is 5.92 Å². The quantitative estimate of drug-likeness (QED) is 0.681. The summed E-state index contributed by atoms with van der Waals surface area (Å²) in [5.41, 5.74) is 0. The van der Waals surface area contributed by atoms with Crippen LogP contribution in [0.5, 0.6) is 0 Å². The minimum atomic E-state index is -3.35. The third kappa shape index (κ3) is 3.65. The lowest BCUT2D eigenvalue weighted by molar-refractivity contribution is -0.124. The van der Waals surface area contributed by atoms with Crippen molar-refractivity contribution in [3.05, 3.63) is 0 Å². The van der Waals surface area contributed by atoms with E-state index in [0.29, 0.717) is 19.6 Å². The lowest BCUT2D eigenvalue weighted by Crippen LogP contribution is -2.59. The molecule has 1 rings (SSSR count). The van der Waals surface area contributed by atoms with Crippen LogP contribution in [-0.2, 0) is 14.8 Å². The highest BCUT2D eigenvalue weighted by atomic mass is 32.2. The second kappa shape index (κ2) is 5.79. The molecule has 7 heteroatoms. The van der Waals surface area contributed by atoms with Gasteiger partial charge in [-0.25, -0.2) is 8.42 Å². The van der Waals surface area contributed by atoms with Crippen molar-refractivity contribution in [2.75, 3.05) is 32.4 Å². The Hall–Kier alpha value is -0.660. The van der Waals surface area contributed by atoms with Gasteiger partial charge in [-0.1, -0.05) is 13.8 Å². The highest BCUT2D eigenvalue weighted by molar-refractivity contribution is 7.89. The first-order valence-corrected chi connectivity index (χ1v) is 7.41. The summed E-state index contributed by atoms with van der Waals surface area (Å²) in [6.45, 7) is 5.03. The van der Waals surface area contributed by atoms with Gasteiger partial charge in [0.05, 0.1) is 5.75 Å². The fourth-order valence-electron chi connectivity index (χ4n) is 1.93. The molecule has 0 aromatic heterocycles. The SMILES string of the molecule is CNC(=O)C1CNCCN1S(=O)(=O)CC(C)C. The number of nitrogens with zero attached hydrogens (tertiary/aromatic N) is 1. The van der Waals surface area contributed by atoms with Gasteiger partial charge in [0.25, 0.3) is 0 Å². The standard InChI is InChI=1S/C10H21N3O3S/c1-8(2)7-17(15,16)13-5-4-12-6-9(13)10(14)11-3/h8-9,12H,4-7H2,1-3H3,(H,11,14). The molecule has 1 fully saturated rings. The maximum Gasteiger partial charge on any atom is 0.239 e. The molecule has 2 N–H and O–H groups in total. The number of carbonyl (C=O) groups excluding carboxylic acids is 1. The van der Waals surface area contributed by atoms with Crippen LogP contribution < -0.4 is 10.6 Å². The predicted octanol–water partition coefficient (Wildman–Crippen LogP) is -1.01. The summed E-state index contributed by atoms with van der Waals surface area (Å²) in [5, 5.41) is 5.54. The molecule has 0 spiro atoms. The van der Waals surface area contributed by atoms with Crippen LogP contribution in [0.4, 0.5) is 0 Å². The number of nitrogens with one attached hydrogen (secondary N) is 2. The molecule has 1 amide bonds. The molecule has 0 aromatic rings. The van der Waals surface area contributed by atoms with Crippen molar-refractivity contribution in [1.29, 1.82) is 0 Å². The van der Waals surface area contributed by atoms with E-state index in [9.17, 15) is 13.2 Å². The Morgan fingerprint density at radius 3 is 2.71 bits per heavy atom. The van der Waals surface area contributed by atoms with Crippen molar-refractivity contribution in [3.8, 4) is 0 Å². The molecule has 6 nitrogen and oxygen atoms in total. The van der Waals surface area contributed by atoms with Gasteiger partial charge in [0, 0.05) is 26.7 Å². The first-order chi connectivity index (χ1) is 7.88. The monoisotopic (exact) mass is 263 g/mol. The predicted molar refractivity (Wildman–Crippen MR) is 66.1 cm³/mol. The number of hydrogen-bond acceptors (Lipinski definition) is 4. The van der Waals surface area contributed by atoms with E-state index >= 15 is 0 Å². The van der Waals surface area contributed by atoms with E-state index in [1.54, 1.807) is 0 Å². The smallest absolute Gasteiger partial charge is 0.239 e. The topological polar surface area (TPSA) is 78.5 Å². The van der Waals surface area contributed by atoms with Gasteiger partial charge in [0.2, 0.25) is 15.9 Å². The molecule has 1 heterocycles. The highest BCUT2D eigenvalue weighted by Crippen LogP contribution is 2.13. The van der Waals surface area contributed by atoms with E-state index < -0.39 is 16.1 Å². The summed E-state index contributed by atoms with van der Waals surface area (Å²) < 4.78 is 25.6. The van der Waals surface area contributed by atoms with Crippen molar-refractivity contribution in [3.63, 3.8) is 0 Å². The van der Waals surface area contributed by atoms with Gasteiger partial charge in [-0.15, -0.1) is 0 Å². The average molecular weight is 263 g/mol. The number of hydrogen-bond donors (Lipinski definition) is 2. The van der Waals surface area contributed by atoms with Crippen LogP contribution in [0.25, 0.3) is 0 Å². The van der Waals surface area contributed by atoms with Gasteiger partial charge in [0.1, 0.15) is 6.04 Å². The second-order valence-corrected chi connectivity index (χ2v) is 6.58. The van der Waals surface area contributed by atoms with Crippen molar-refractivity contribution in [2.45, 2.75) is 19.9 Å². The molecule has 1 atom stereocenters. The minimum Gasteiger partial charge on any atom is -0.358 e. The van der Waals surface area contributed by atoms with Crippen LogP contribution in [0.1, 0.15) is 13.8 Å². The van der Waals surface area contributed by atoms with E-state index in [1.165, 1.54) is 11.4 Å². The molecule has 1 aliphatic heterocycles. The fourth-order valence-corrected chi connectivity index (χ4v) is 3.89. The van der Waals surface area contributed by atoms with Gasteiger partial charge >= 0.3 is 0 Å². The summed E-state index contributed by atoms with van der Waals surface area (Å²) in [4.78, 5) is 11.7. The third-order valence-electron chi connectivity index (χ3n) is 2.64. The molecule has 1 saturated heterocycles. The number of piperazine rings is 1. The molecule has 1 aliphatic rings. The van der Waals surface area contributed by atoms with Gasteiger partial charge in [-0.05, 0) is 5.92 Å². The van der Waals surface area contributed by atoms with Crippen LogP contribution in [0.3, 0.4) is 0 Å².